The van der Waals surface area contributed by atoms with E-state index < -0.39 is 35.7 Å². The summed E-state index contributed by atoms with van der Waals surface area (Å²) in [6.07, 6.45) is -2.04. The first-order valence-corrected chi connectivity index (χ1v) is 8.23. The van der Waals surface area contributed by atoms with Crippen molar-refractivity contribution in [2.45, 2.75) is 52.0 Å². The van der Waals surface area contributed by atoms with Gasteiger partial charge in [0.25, 0.3) is 0 Å². The first kappa shape index (κ1) is 21.4. The van der Waals surface area contributed by atoms with Crippen molar-refractivity contribution in [1.82, 2.24) is 10.6 Å². The van der Waals surface area contributed by atoms with Gasteiger partial charge in [0, 0.05) is 0 Å². The highest BCUT2D eigenvalue weighted by atomic mass is 16.6. The van der Waals surface area contributed by atoms with E-state index in [0.29, 0.717) is 0 Å². The molecule has 0 aliphatic rings. The van der Waals surface area contributed by atoms with Gasteiger partial charge in [-0.2, -0.15) is 0 Å². The molecular formula is C18H26N2O6. The number of rotatable bonds is 7. The molecule has 1 rings (SSSR count). The molecule has 0 saturated heterocycles. The number of aliphatic hydroxyl groups excluding tert-OH is 1. The van der Waals surface area contributed by atoms with Gasteiger partial charge in [-0.3, -0.25) is 9.59 Å². The lowest BCUT2D eigenvalue weighted by Crippen LogP contribution is -2.53. The van der Waals surface area contributed by atoms with E-state index in [4.69, 9.17) is 9.47 Å². The standard InChI is InChI=1S/C18H26N2O6/c1-12(21)15(16(23)19-10-14(22)26-18(2,3)4)20-17(24)25-11-13-8-6-5-7-9-13/h5-9,12,15,21H,10-11H2,1-4H3,(H,19,23)(H,20,24)/t12-,15+/m0/s1. The predicted molar refractivity (Wildman–Crippen MR) is 94.1 cm³/mol. The summed E-state index contributed by atoms with van der Waals surface area (Å²) < 4.78 is 10.1. The summed E-state index contributed by atoms with van der Waals surface area (Å²) in [6, 6.07) is 7.75. The number of benzene rings is 1. The molecule has 8 nitrogen and oxygen atoms in total. The number of hydrogen-bond donors (Lipinski definition) is 3. The highest BCUT2D eigenvalue weighted by Gasteiger charge is 2.27. The smallest absolute Gasteiger partial charge is 0.408 e. The lowest BCUT2D eigenvalue weighted by Gasteiger charge is -2.22. The van der Waals surface area contributed by atoms with E-state index in [-0.39, 0.29) is 13.2 Å². The maximum Gasteiger partial charge on any atom is 0.408 e. The molecule has 1 aromatic carbocycles. The van der Waals surface area contributed by atoms with Crippen LogP contribution in [0.1, 0.15) is 33.3 Å². The van der Waals surface area contributed by atoms with E-state index in [1.165, 1.54) is 6.92 Å². The summed E-state index contributed by atoms with van der Waals surface area (Å²) in [5, 5.41) is 14.3. The Hall–Kier alpha value is -2.61. The number of carbonyl (C=O) groups is 3. The molecular weight excluding hydrogens is 340 g/mol. The summed E-state index contributed by atoms with van der Waals surface area (Å²) in [5.74, 6) is -1.34. The van der Waals surface area contributed by atoms with Crippen LogP contribution in [0.4, 0.5) is 4.79 Å². The van der Waals surface area contributed by atoms with Crippen molar-refractivity contribution in [2.24, 2.45) is 0 Å². The monoisotopic (exact) mass is 366 g/mol. The van der Waals surface area contributed by atoms with Crippen LogP contribution in [0.5, 0.6) is 0 Å². The quantitative estimate of drug-likeness (QED) is 0.623. The van der Waals surface area contributed by atoms with Crippen molar-refractivity contribution in [3.05, 3.63) is 35.9 Å². The minimum Gasteiger partial charge on any atom is -0.459 e. The topological polar surface area (TPSA) is 114 Å². The third-order valence-electron chi connectivity index (χ3n) is 3.08. The fourth-order valence-electron chi connectivity index (χ4n) is 1.94. The van der Waals surface area contributed by atoms with Crippen LogP contribution in [0.3, 0.4) is 0 Å². The average Bonchev–Trinajstić information content (AvgIpc) is 2.55. The summed E-state index contributed by atoms with van der Waals surface area (Å²) in [6.45, 7) is 6.11. The predicted octanol–water partition coefficient (Wildman–Crippen LogP) is 1.12. The van der Waals surface area contributed by atoms with Crippen molar-refractivity contribution in [3.63, 3.8) is 0 Å². The molecule has 0 aliphatic carbocycles. The fraction of sp³-hybridized carbons (Fsp3) is 0.500. The molecule has 1 aromatic rings. The average molecular weight is 366 g/mol. The zero-order valence-corrected chi connectivity index (χ0v) is 15.4. The van der Waals surface area contributed by atoms with Crippen LogP contribution in [0.25, 0.3) is 0 Å². The molecule has 0 heterocycles. The highest BCUT2D eigenvalue weighted by molar-refractivity contribution is 5.88. The largest absolute Gasteiger partial charge is 0.459 e. The Kier molecular flexibility index (Phi) is 8.05. The maximum atomic E-state index is 12.1. The number of carbonyl (C=O) groups excluding carboxylic acids is 3. The van der Waals surface area contributed by atoms with Crippen LogP contribution in [0, 0.1) is 0 Å². The number of esters is 1. The van der Waals surface area contributed by atoms with E-state index in [1.807, 2.05) is 6.07 Å². The molecule has 0 spiro atoms. The Bertz CT molecular complexity index is 610. The second-order valence-electron chi connectivity index (χ2n) is 6.73. The van der Waals surface area contributed by atoms with Gasteiger partial charge in [-0.25, -0.2) is 4.79 Å². The molecule has 0 radical (unpaired) electrons. The minimum atomic E-state index is -1.26. The second kappa shape index (κ2) is 9.76. The molecule has 0 saturated carbocycles. The third kappa shape index (κ3) is 8.48. The van der Waals surface area contributed by atoms with Gasteiger partial charge in [0.1, 0.15) is 24.8 Å². The van der Waals surface area contributed by atoms with Gasteiger partial charge >= 0.3 is 12.1 Å². The number of aliphatic hydroxyl groups is 1. The number of alkyl carbamates (subject to hydrolysis) is 1. The summed E-state index contributed by atoms with van der Waals surface area (Å²) in [4.78, 5) is 35.6. The van der Waals surface area contributed by atoms with Gasteiger partial charge in [0.05, 0.1) is 6.10 Å². The third-order valence-corrected chi connectivity index (χ3v) is 3.08. The first-order valence-electron chi connectivity index (χ1n) is 8.23. The van der Waals surface area contributed by atoms with E-state index in [9.17, 15) is 19.5 Å². The number of ether oxygens (including phenoxy) is 2. The molecule has 0 fully saturated rings. The minimum absolute atomic E-state index is 0.0265. The Labute approximate surface area is 152 Å². The lowest BCUT2D eigenvalue weighted by atomic mass is 10.1. The molecule has 0 unspecified atom stereocenters. The zero-order valence-electron chi connectivity index (χ0n) is 15.4. The van der Waals surface area contributed by atoms with Crippen molar-refractivity contribution >= 4 is 18.0 Å². The molecule has 144 valence electrons. The van der Waals surface area contributed by atoms with Crippen molar-refractivity contribution < 1.29 is 29.0 Å². The molecule has 0 bridgehead atoms. The molecule has 2 amide bonds. The summed E-state index contributed by atoms with van der Waals surface area (Å²) >= 11 is 0. The van der Waals surface area contributed by atoms with Gasteiger partial charge in [-0.15, -0.1) is 0 Å². The number of nitrogens with one attached hydrogen (secondary N) is 2. The fourth-order valence-corrected chi connectivity index (χ4v) is 1.94. The molecule has 0 aliphatic heterocycles. The number of hydrogen-bond acceptors (Lipinski definition) is 6. The van der Waals surface area contributed by atoms with E-state index in [0.717, 1.165) is 5.56 Å². The highest BCUT2D eigenvalue weighted by Crippen LogP contribution is 2.06. The lowest BCUT2D eigenvalue weighted by molar-refractivity contribution is -0.154. The van der Waals surface area contributed by atoms with Crippen LogP contribution in [-0.2, 0) is 25.7 Å². The van der Waals surface area contributed by atoms with E-state index in [1.54, 1.807) is 45.0 Å². The summed E-state index contributed by atoms with van der Waals surface area (Å²) in [5.41, 5.74) is 0.107. The zero-order chi connectivity index (χ0) is 19.7. The first-order chi connectivity index (χ1) is 12.1. The summed E-state index contributed by atoms with van der Waals surface area (Å²) in [7, 11) is 0. The normalized spacial score (nSPS) is 13.3. The van der Waals surface area contributed by atoms with Crippen LogP contribution in [-0.4, -0.2) is 47.4 Å². The molecule has 0 aromatic heterocycles. The Morgan fingerprint density at radius 3 is 2.31 bits per heavy atom. The van der Waals surface area contributed by atoms with Gasteiger partial charge < -0.3 is 25.2 Å². The van der Waals surface area contributed by atoms with Gasteiger partial charge in [0.15, 0.2) is 0 Å². The van der Waals surface area contributed by atoms with Gasteiger partial charge in [0.2, 0.25) is 5.91 Å². The van der Waals surface area contributed by atoms with Gasteiger partial charge in [-0.05, 0) is 33.3 Å². The molecule has 2 atom stereocenters. The molecule has 26 heavy (non-hydrogen) atoms. The second-order valence-corrected chi connectivity index (χ2v) is 6.73. The Morgan fingerprint density at radius 1 is 1.15 bits per heavy atom. The number of amides is 2. The van der Waals surface area contributed by atoms with Crippen LogP contribution in [0.2, 0.25) is 0 Å². The van der Waals surface area contributed by atoms with Crippen LogP contribution in [0.15, 0.2) is 30.3 Å². The van der Waals surface area contributed by atoms with Crippen molar-refractivity contribution in [3.8, 4) is 0 Å². The van der Waals surface area contributed by atoms with Crippen molar-refractivity contribution in [2.75, 3.05) is 6.54 Å². The van der Waals surface area contributed by atoms with E-state index >= 15 is 0 Å². The Morgan fingerprint density at radius 2 is 1.77 bits per heavy atom. The SMILES string of the molecule is C[C@H](O)[C@@H](NC(=O)OCc1ccccc1)C(=O)NCC(=O)OC(C)(C)C. The van der Waals surface area contributed by atoms with Crippen molar-refractivity contribution in [1.29, 1.82) is 0 Å². The molecule has 3 N–H and O–H groups in total. The van der Waals surface area contributed by atoms with Crippen LogP contribution < -0.4 is 10.6 Å². The van der Waals surface area contributed by atoms with Crippen LogP contribution >= 0.6 is 0 Å². The van der Waals surface area contributed by atoms with Gasteiger partial charge in [-0.1, -0.05) is 30.3 Å². The maximum absolute atomic E-state index is 12.1. The van der Waals surface area contributed by atoms with E-state index in [2.05, 4.69) is 10.6 Å². The molecule has 8 heteroatoms. The Balaban J connectivity index is 2.49.